The van der Waals surface area contributed by atoms with Crippen molar-refractivity contribution < 1.29 is 9.47 Å². The van der Waals surface area contributed by atoms with E-state index in [1.165, 1.54) is 0 Å². The number of halogens is 1. The molecule has 0 amide bonds. The molecule has 0 fully saturated rings. The minimum absolute atomic E-state index is 0.260. The number of ether oxygens (including phenoxy) is 2. The number of benzene rings is 1. The second-order valence-electron chi connectivity index (χ2n) is 3.17. The highest BCUT2D eigenvalue weighted by Crippen LogP contribution is 2.35. The van der Waals surface area contributed by atoms with Crippen LogP contribution in [0.4, 0.5) is 0 Å². The Bertz CT molecular complexity index is 342. The Morgan fingerprint density at radius 2 is 1.93 bits per heavy atom. The molecule has 0 aliphatic rings. The molecule has 0 saturated carbocycles. The van der Waals surface area contributed by atoms with Gasteiger partial charge in [-0.3, -0.25) is 0 Å². The summed E-state index contributed by atoms with van der Waals surface area (Å²) < 4.78 is 10.5. The predicted octanol–water partition coefficient (Wildman–Crippen LogP) is 2.47. The molecule has 1 atom stereocenters. The highest BCUT2D eigenvalue weighted by Gasteiger charge is 2.16. The van der Waals surface area contributed by atoms with E-state index in [4.69, 9.17) is 21.1 Å². The zero-order valence-corrected chi connectivity index (χ0v) is 10.2. The van der Waals surface area contributed by atoms with E-state index < -0.39 is 0 Å². The summed E-state index contributed by atoms with van der Waals surface area (Å²) in [5, 5.41) is 2.97. The number of hydrogen-bond acceptors (Lipinski definition) is 3. The molecule has 84 valence electrons. The van der Waals surface area contributed by atoms with Crippen molar-refractivity contribution in [2.75, 3.05) is 21.3 Å². The van der Waals surface area contributed by atoms with E-state index in [0.717, 1.165) is 22.6 Å². The van der Waals surface area contributed by atoms with Crippen molar-refractivity contribution in [1.29, 1.82) is 0 Å². The second-order valence-corrected chi connectivity index (χ2v) is 3.60. The summed E-state index contributed by atoms with van der Waals surface area (Å²) >= 11 is 6.11. The first kappa shape index (κ1) is 12.1. The van der Waals surface area contributed by atoms with E-state index in [1.54, 1.807) is 21.3 Å². The first-order valence-electron chi connectivity index (χ1n) is 4.68. The van der Waals surface area contributed by atoms with Gasteiger partial charge in [-0.25, -0.2) is 0 Å². The van der Waals surface area contributed by atoms with Crippen molar-refractivity contribution in [1.82, 2.24) is 5.32 Å². The van der Waals surface area contributed by atoms with Crippen LogP contribution in [-0.4, -0.2) is 21.3 Å². The van der Waals surface area contributed by atoms with Crippen molar-refractivity contribution in [2.45, 2.75) is 12.4 Å². The van der Waals surface area contributed by atoms with Crippen LogP contribution in [0.2, 0.25) is 0 Å². The Balaban J connectivity index is 3.24. The fraction of sp³-hybridized carbons (Fsp3) is 0.455. The standard InChI is InChI=1S/C11H16ClNO2/c1-7-9(14-3)6-5-8(10(7)15-4)11(12)13-2/h5-6,11,13H,1-4H3. The molecule has 1 aromatic rings. The summed E-state index contributed by atoms with van der Waals surface area (Å²) in [6.07, 6.45) is 0. The lowest BCUT2D eigenvalue weighted by atomic mass is 10.1. The van der Waals surface area contributed by atoms with Crippen LogP contribution >= 0.6 is 11.6 Å². The zero-order valence-electron chi connectivity index (χ0n) is 9.43. The Morgan fingerprint density at radius 3 is 2.40 bits per heavy atom. The lowest BCUT2D eigenvalue weighted by Gasteiger charge is -2.17. The molecule has 0 spiro atoms. The molecule has 0 saturated heterocycles. The maximum absolute atomic E-state index is 6.11. The number of methoxy groups -OCH3 is 2. The quantitative estimate of drug-likeness (QED) is 0.636. The number of alkyl halides is 1. The molecule has 4 heteroatoms. The molecular formula is C11H16ClNO2. The lowest BCUT2D eigenvalue weighted by Crippen LogP contribution is -2.11. The van der Waals surface area contributed by atoms with E-state index in [0.29, 0.717) is 0 Å². The van der Waals surface area contributed by atoms with Gasteiger partial charge in [0.15, 0.2) is 0 Å². The number of hydrogen-bond donors (Lipinski definition) is 1. The SMILES string of the molecule is CNC(Cl)c1ccc(OC)c(C)c1OC. The van der Waals surface area contributed by atoms with Crippen molar-refractivity contribution in [3.8, 4) is 11.5 Å². The normalized spacial score (nSPS) is 12.3. The molecule has 0 radical (unpaired) electrons. The fourth-order valence-corrected chi connectivity index (χ4v) is 1.71. The molecule has 0 aliphatic heterocycles. The van der Waals surface area contributed by atoms with Crippen LogP contribution in [-0.2, 0) is 0 Å². The second kappa shape index (κ2) is 5.24. The summed E-state index contributed by atoms with van der Waals surface area (Å²) in [5.74, 6) is 1.57. The highest BCUT2D eigenvalue weighted by atomic mass is 35.5. The molecule has 0 aliphatic carbocycles. The summed E-state index contributed by atoms with van der Waals surface area (Å²) in [4.78, 5) is 0. The average Bonchev–Trinajstić information content (AvgIpc) is 2.27. The third kappa shape index (κ3) is 2.36. The largest absolute Gasteiger partial charge is 0.496 e. The van der Waals surface area contributed by atoms with Crippen LogP contribution in [0.1, 0.15) is 16.6 Å². The van der Waals surface area contributed by atoms with Crippen molar-refractivity contribution >= 4 is 11.6 Å². The minimum atomic E-state index is -0.260. The Hall–Kier alpha value is -0.930. The van der Waals surface area contributed by atoms with Gasteiger partial charge in [-0.05, 0) is 26.1 Å². The molecule has 1 N–H and O–H groups in total. The Labute approximate surface area is 95.3 Å². The van der Waals surface area contributed by atoms with Gasteiger partial charge in [0.1, 0.15) is 17.0 Å². The van der Waals surface area contributed by atoms with Gasteiger partial charge in [0, 0.05) is 11.1 Å². The summed E-state index contributed by atoms with van der Waals surface area (Å²) in [7, 11) is 5.07. The fourth-order valence-electron chi connectivity index (χ4n) is 1.54. The summed E-state index contributed by atoms with van der Waals surface area (Å²) in [5.41, 5.74) is 1.61. The minimum Gasteiger partial charge on any atom is -0.496 e. The third-order valence-electron chi connectivity index (χ3n) is 2.34. The molecular weight excluding hydrogens is 214 g/mol. The Morgan fingerprint density at radius 1 is 1.27 bits per heavy atom. The monoisotopic (exact) mass is 229 g/mol. The van der Waals surface area contributed by atoms with Gasteiger partial charge in [-0.2, -0.15) is 0 Å². The van der Waals surface area contributed by atoms with Crippen LogP contribution in [0.5, 0.6) is 11.5 Å². The lowest BCUT2D eigenvalue weighted by molar-refractivity contribution is 0.384. The summed E-state index contributed by atoms with van der Waals surface area (Å²) in [6, 6.07) is 3.79. The molecule has 1 aromatic carbocycles. The van der Waals surface area contributed by atoms with Gasteiger partial charge in [0.2, 0.25) is 0 Å². The van der Waals surface area contributed by atoms with E-state index in [2.05, 4.69) is 5.32 Å². The third-order valence-corrected chi connectivity index (χ3v) is 2.79. The maximum atomic E-state index is 6.11. The molecule has 1 unspecified atom stereocenters. The Kier molecular flexibility index (Phi) is 4.24. The molecule has 0 bridgehead atoms. The number of rotatable bonds is 4. The maximum Gasteiger partial charge on any atom is 0.131 e. The van der Waals surface area contributed by atoms with Gasteiger partial charge in [0.05, 0.1) is 14.2 Å². The van der Waals surface area contributed by atoms with Gasteiger partial charge in [-0.15, -0.1) is 11.6 Å². The van der Waals surface area contributed by atoms with Crippen LogP contribution in [0.25, 0.3) is 0 Å². The van der Waals surface area contributed by atoms with E-state index in [1.807, 2.05) is 19.1 Å². The van der Waals surface area contributed by atoms with E-state index >= 15 is 0 Å². The molecule has 1 rings (SSSR count). The topological polar surface area (TPSA) is 30.5 Å². The average molecular weight is 230 g/mol. The molecule has 3 nitrogen and oxygen atoms in total. The van der Waals surface area contributed by atoms with Crippen LogP contribution in [0, 0.1) is 6.92 Å². The first-order chi connectivity index (χ1) is 7.15. The number of nitrogens with one attached hydrogen (secondary N) is 1. The van der Waals surface area contributed by atoms with Gasteiger partial charge < -0.3 is 14.8 Å². The predicted molar refractivity (Wildman–Crippen MR) is 61.9 cm³/mol. The van der Waals surface area contributed by atoms with E-state index in [9.17, 15) is 0 Å². The van der Waals surface area contributed by atoms with Gasteiger partial charge in [0.25, 0.3) is 0 Å². The summed E-state index contributed by atoms with van der Waals surface area (Å²) in [6.45, 7) is 1.94. The van der Waals surface area contributed by atoms with Gasteiger partial charge >= 0.3 is 0 Å². The van der Waals surface area contributed by atoms with Gasteiger partial charge in [-0.1, -0.05) is 0 Å². The van der Waals surface area contributed by atoms with Crippen LogP contribution < -0.4 is 14.8 Å². The molecule has 0 aromatic heterocycles. The zero-order chi connectivity index (χ0) is 11.4. The van der Waals surface area contributed by atoms with Crippen LogP contribution in [0.3, 0.4) is 0 Å². The van der Waals surface area contributed by atoms with Crippen LogP contribution in [0.15, 0.2) is 12.1 Å². The van der Waals surface area contributed by atoms with Crippen molar-refractivity contribution in [3.63, 3.8) is 0 Å². The van der Waals surface area contributed by atoms with Crippen molar-refractivity contribution in [3.05, 3.63) is 23.3 Å². The first-order valence-corrected chi connectivity index (χ1v) is 5.12. The smallest absolute Gasteiger partial charge is 0.131 e. The van der Waals surface area contributed by atoms with E-state index in [-0.39, 0.29) is 5.50 Å². The molecule has 15 heavy (non-hydrogen) atoms. The molecule has 0 heterocycles. The highest BCUT2D eigenvalue weighted by molar-refractivity contribution is 6.20. The van der Waals surface area contributed by atoms with Crippen molar-refractivity contribution in [2.24, 2.45) is 0 Å².